The summed E-state index contributed by atoms with van der Waals surface area (Å²) in [5, 5.41) is 6.81. The number of carbonyl (C=O) groups excluding carboxylic acids is 1. The van der Waals surface area contributed by atoms with Gasteiger partial charge in [-0.25, -0.2) is 0 Å². The number of anilines is 1. The average molecular weight is 289 g/mol. The molecule has 1 fully saturated rings. The Morgan fingerprint density at radius 2 is 1.71 bits per heavy atom. The number of hydrogen-bond donors (Lipinski definition) is 3. The summed E-state index contributed by atoms with van der Waals surface area (Å²) in [5.74, 6) is 0.0817. The van der Waals surface area contributed by atoms with Crippen LogP contribution in [0.15, 0.2) is 24.3 Å². The van der Waals surface area contributed by atoms with Crippen LogP contribution in [-0.2, 0) is 11.2 Å². The number of amides is 1. The number of carbonyl (C=O) groups is 1. The lowest BCUT2D eigenvalue weighted by atomic mass is 9.79. The predicted molar refractivity (Wildman–Crippen MR) is 87.0 cm³/mol. The molecule has 0 bridgehead atoms. The minimum absolute atomic E-state index is 0.0426. The van der Waals surface area contributed by atoms with Crippen LogP contribution in [0.3, 0.4) is 0 Å². The van der Waals surface area contributed by atoms with Gasteiger partial charge < -0.3 is 16.4 Å². The van der Waals surface area contributed by atoms with Crippen LogP contribution in [-0.4, -0.2) is 23.0 Å². The molecule has 1 aromatic carbocycles. The minimum atomic E-state index is 0.0426. The lowest BCUT2D eigenvalue weighted by molar-refractivity contribution is -0.121. The molecule has 4 heteroatoms. The van der Waals surface area contributed by atoms with Crippen LogP contribution >= 0.6 is 0 Å². The maximum atomic E-state index is 12.2. The fraction of sp³-hybridized carbons (Fsp3) is 0.588. The molecule has 0 spiro atoms. The van der Waals surface area contributed by atoms with E-state index in [1.807, 2.05) is 24.3 Å². The normalized spacial score (nSPS) is 21.0. The SMILES string of the molecule is CC1(C)CC(NC(=O)Cc2ccc(N)cc2)CC(C)(C)N1. The van der Waals surface area contributed by atoms with Crippen LogP contribution in [0.1, 0.15) is 46.1 Å². The van der Waals surface area contributed by atoms with Crippen molar-refractivity contribution in [3.05, 3.63) is 29.8 Å². The van der Waals surface area contributed by atoms with Crippen molar-refractivity contribution >= 4 is 11.6 Å². The zero-order valence-electron chi connectivity index (χ0n) is 13.5. The van der Waals surface area contributed by atoms with Gasteiger partial charge in [-0.2, -0.15) is 0 Å². The van der Waals surface area contributed by atoms with Gasteiger partial charge >= 0.3 is 0 Å². The van der Waals surface area contributed by atoms with E-state index < -0.39 is 0 Å². The number of nitrogen functional groups attached to an aromatic ring is 1. The smallest absolute Gasteiger partial charge is 0.224 e. The van der Waals surface area contributed by atoms with Crippen molar-refractivity contribution in [2.45, 2.75) is 64.1 Å². The van der Waals surface area contributed by atoms with Gasteiger partial charge in [-0.05, 0) is 58.2 Å². The van der Waals surface area contributed by atoms with Crippen molar-refractivity contribution in [1.82, 2.24) is 10.6 Å². The van der Waals surface area contributed by atoms with E-state index in [-0.39, 0.29) is 23.0 Å². The summed E-state index contributed by atoms with van der Waals surface area (Å²) in [7, 11) is 0. The third kappa shape index (κ3) is 4.74. The number of rotatable bonds is 3. The first-order valence-electron chi connectivity index (χ1n) is 7.58. The van der Waals surface area contributed by atoms with Crippen LogP contribution in [0.5, 0.6) is 0 Å². The van der Waals surface area contributed by atoms with Crippen molar-refractivity contribution in [1.29, 1.82) is 0 Å². The van der Waals surface area contributed by atoms with E-state index in [0.29, 0.717) is 6.42 Å². The summed E-state index contributed by atoms with van der Waals surface area (Å²) in [6, 6.07) is 7.70. The third-order valence-electron chi connectivity index (χ3n) is 3.90. The van der Waals surface area contributed by atoms with Crippen LogP contribution in [0.2, 0.25) is 0 Å². The molecule has 4 N–H and O–H groups in total. The average Bonchev–Trinajstić information content (AvgIpc) is 2.27. The first-order valence-corrected chi connectivity index (χ1v) is 7.58. The van der Waals surface area contributed by atoms with E-state index in [1.54, 1.807) is 0 Å². The predicted octanol–water partition coefficient (Wildman–Crippen LogP) is 2.24. The molecule has 0 aromatic heterocycles. The van der Waals surface area contributed by atoms with Gasteiger partial charge in [0, 0.05) is 22.8 Å². The Labute approximate surface area is 127 Å². The molecular formula is C17H27N3O. The van der Waals surface area contributed by atoms with Crippen LogP contribution in [0.25, 0.3) is 0 Å². The molecule has 0 saturated carbocycles. The molecule has 1 aliphatic rings. The van der Waals surface area contributed by atoms with Gasteiger partial charge in [-0.3, -0.25) is 4.79 Å². The Kier molecular flexibility index (Phi) is 4.28. The van der Waals surface area contributed by atoms with Gasteiger partial charge in [0.15, 0.2) is 0 Å². The van der Waals surface area contributed by atoms with Gasteiger partial charge in [0.1, 0.15) is 0 Å². The van der Waals surface area contributed by atoms with Crippen molar-refractivity contribution in [3.63, 3.8) is 0 Å². The van der Waals surface area contributed by atoms with Crippen LogP contribution in [0, 0.1) is 0 Å². The van der Waals surface area contributed by atoms with Gasteiger partial charge in [-0.15, -0.1) is 0 Å². The highest BCUT2D eigenvalue weighted by atomic mass is 16.1. The Balaban J connectivity index is 1.94. The second-order valence-corrected chi connectivity index (χ2v) is 7.48. The molecule has 21 heavy (non-hydrogen) atoms. The van der Waals surface area contributed by atoms with Crippen molar-refractivity contribution in [2.75, 3.05) is 5.73 Å². The van der Waals surface area contributed by atoms with Crippen molar-refractivity contribution in [2.24, 2.45) is 0 Å². The molecule has 0 unspecified atom stereocenters. The van der Waals surface area contributed by atoms with E-state index >= 15 is 0 Å². The van der Waals surface area contributed by atoms with Gasteiger partial charge in [-0.1, -0.05) is 12.1 Å². The van der Waals surface area contributed by atoms with Crippen LogP contribution in [0.4, 0.5) is 5.69 Å². The molecule has 2 rings (SSSR count). The van der Waals surface area contributed by atoms with E-state index in [4.69, 9.17) is 5.73 Å². The maximum Gasteiger partial charge on any atom is 0.224 e. The summed E-state index contributed by atoms with van der Waals surface area (Å²) in [5.41, 5.74) is 7.46. The maximum absolute atomic E-state index is 12.2. The Hall–Kier alpha value is -1.55. The molecule has 116 valence electrons. The Morgan fingerprint density at radius 3 is 2.24 bits per heavy atom. The molecule has 4 nitrogen and oxygen atoms in total. The highest BCUT2D eigenvalue weighted by molar-refractivity contribution is 5.79. The standard InChI is InChI=1S/C17H27N3O/c1-16(2)10-14(11-17(3,4)20-16)19-15(21)9-12-5-7-13(18)8-6-12/h5-8,14,20H,9-11,18H2,1-4H3,(H,19,21). The first kappa shape index (κ1) is 15.8. The first-order chi connectivity index (χ1) is 9.65. The fourth-order valence-corrected chi connectivity index (χ4v) is 3.52. The number of piperidine rings is 1. The second kappa shape index (κ2) is 5.68. The second-order valence-electron chi connectivity index (χ2n) is 7.48. The van der Waals surface area contributed by atoms with E-state index in [0.717, 1.165) is 24.1 Å². The van der Waals surface area contributed by atoms with Crippen molar-refractivity contribution < 1.29 is 4.79 Å². The zero-order chi connectivity index (χ0) is 15.7. The summed E-state index contributed by atoms with van der Waals surface area (Å²) in [4.78, 5) is 12.2. The minimum Gasteiger partial charge on any atom is -0.399 e. The molecule has 0 radical (unpaired) electrons. The molecule has 1 amide bonds. The topological polar surface area (TPSA) is 67.2 Å². The number of nitrogens with one attached hydrogen (secondary N) is 2. The molecule has 1 saturated heterocycles. The largest absolute Gasteiger partial charge is 0.399 e. The molecule has 0 atom stereocenters. The summed E-state index contributed by atoms with van der Waals surface area (Å²) in [6.45, 7) is 8.75. The zero-order valence-corrected chi connectivity index (χ0v) is 13.5. The molecule has 1 aliphatic heterocycles. The third-order valence-corrected chi connectivity index (χ3v) is 3.90. The monoisotopic (exact) mass is 289 g/mol. The van der Waals surface area contributed by atoms with E-state index in [1.165, 1.54) is 0 Å². The van der Waals surface area contributed by atoms with Gasteiger partial charge in [0.2, 0.25) is 5.91 Å². The van der Waals surface area contributed by atoms with Gasteiger partial charge in [0.25, 0.3) is 0 Å². The molecule has 1 heterocycles. The van der Waals surface area contributed by atoms with Crippen molar-refractivity contribution in [3.8, 4) is 0 Å². The quantitative estimate of drug-likeness (QED) is 0.748. The van der Waals surface area contributed by atoms with Crippen LogP contribution < -0.4 is 16.4 Å². The fourth-order valence-electron chi connectivity index (χ4n) is 3.52. The van der Waals surface area contributed by atoms with E-state index in [9.17, 15) is 4.79 Å². The lowest BCUT2D eigenvalue weighted by Crippen LogP contribution is -2.62. The highest BCUT2D eigenvalue weighted by Gasteiger charge is 2.38. The number of hydrogen-bond acceptors (Lipinski definition) is 3. The Bertz CT molecular complexity index is 489. The highest BCUT2D eigenvalue weighted by Crippen LogP contribution is 2.28. The van der Waals surface area contributed by atoms with Gasteiger partial charge in [0.05, 0.1) is 6.42 Å². The summed E-state index contributed by atoms with van der Waals surface area (Å²) >= 11 is 0. The lowest BCUT2D eigenvalue weighted by Gasteiger charge is -2.46. The molecule has 0 aliphatic carbocycles. The number of nitrogens with two attached hydrogens (primary N) is 1. The number of benzene rings is 1. The molecular weight excluding hydrogens is 262 g/mol. The summed E-state index contributed by atoms with van der Waals surface area (Å²) < 4.78 is 0. The summed E-state index contributed by atoms with van der Waals surface area (Å²) in [6.07, 6.45) is 2.30. The Morgan fingerprint density at radius 1 is 1.19 bits per heavy atom. The molecule has 1 aromatic rings. The van der Waals surface area contributed by atoms with E-state index in [2.05, 4.69) is 38.3 Å².